The normalized spacial score (nSPS) is 12.5. The lowest BCUT2D eigenvalue weighted by Crippen LogP contribution is -2.35. The molecule has 0 spiro atoms. The van der Waals surface area contributed by atoms with E-state index in [-0.39, 0.29) is 17.9 Å². The van der Waals surface area contributed by atoms with Crippen molar-refractivity contribution in [1.82, 2.24) is 19.3 Å². The first-order valence-electron chi connectivity index (χ1n) is 8.11. The molecular weight excluding hydrogens is 300 g/mol. The minimum atomic E-state index is -0.117. The van der Waals surface area contributed by atoms with E-state index in [1.165, 1.54) is 11.1 Å². The molecule has 0 aliphatic heterocycles. The van der Waals surface area contributed by atoms with Gasteiger partial charge in [-0.1, -0.05) is 38.1 Å². The predicted molar refractivity (Wildman–Crippen MR) is 93.8 cm³/mol. The summed E-state index contributed by atoms with van der Waals surface area (Å²) in [4.78, 5) is 23.4. The lowest BCUT2D eigenvalue weighted by Gasteiger charge is -2.32. The van der Waals surface area contributed by atoms with Crippen LogP contribution in [0.15, 0.2) is 49.1 Å². The molecule has 5 heteroatoms. The molecule has 0 saturated heterocycles. The maximum atomic E-state index is 13.1. The van der Waals surface area contributed by atoms with E-state index >= 15 is 0 Å². The Morgan fingerprint density at radius 1 is 1.12 bits per heavy atom. The van der Waals surface area contributed by atoms with Gasteiger partial charge >= 0.3 is 0 Å². The van der Waals surface area contributed by atoms with Crippen molar-refractivity contribution in [3.8, 4) is 0 Å². The van der Waals surface area contributed by atoms with Crippen molar-refractivity contribution in [2.75, 3.05) is 7.05 Å². The Bertz CT molecular complexity index is 868. The third-order valence-electron chi connectivity index (χ3n) is 4.39. The highest BCUT2D eigenvalue weighted by Gasteiger charge is 2.28. The van der Waals surface area contributed by atoms with Crippen LogP contribution in [0.2, 0.25) is 0 Å². The summed E-state index contributed by atoms with van der Waals surface area (Å²) >= 11 is 0. The first-order valence-corrected chi connectivity index (χ1v) is 8.11. The van der Waals surface area contributed by atoms with Crippen molar-refractivity contribution in [2.24, 2.45) is 5.92 Å². The molecule has 3 rings (SSSR count). The fraction of sp³-hybridized carbons (Fsp3) is 0.316. The molecule has 1 atom stereocenters. The van der Waals surface area contributed by atoms with Crippen molar-refractivity contribution in [2.45, 2.75) is 26.8 Å². The highest BCUT2D eigenvalue weighted by atomic mass is 16.2. The minimum Gasteiger partial charge on any atom is -0.333 e. The molecule has 3 aromatic rings. The van der Waals surface area contributed by atoms with Gasteiger partial charge in [0, 0.05) is 31.8 Å². The summed E-state index contributed by atoms with van der Waals surface area (Å²) in [5.41, 5.74) is 3.31. The number of nitrogens with zero attached hydrogens (tertiary/aromatic N) is 4. The van der Waals surface area contributed by atoms with Gasteiger partial charge in [-0.25, -0.2) is 9.97 Å². The molecule has 2 heterocycles. The van der Waals surface area contributed by atoms with Crippen LogP contribution in [0.1, 0.15) is 41.5 Å². The van der Waals surface area contributed by atoms with Crippen LogP contribution in [-0.4, -0.2) is 32.2 Å². The minimum absolute atomic E-state index is 0.0179. The summed E-state index contributed by atoms with van der Waals surface area (Å²) < 4.78 is 1.81. The topological polar surface area (TPSA) is 50.5 Å². The summed E-state index contributed by atoms with van der Waals surface area (Å²) in [6.45, 7) is 6.34. The van der Waals surface area contributed by atoms with Crippen molar-refractivity contribution < 1.29 is 4.79 Å². The van der Waals surface area contributed by atoms with Gasteiger partial charge in [-0.3, -0.25) is 4.79 Å². The van der Waals surface area contributed by atoms with E-state index in [2.05, 4.69) is 42.9 Å². The number of aromatic nitrogens is 3. The Kier molecular flexibility index (Phi) is 4.34. The summed E-state index contributed by atoms with van der Waals surface area (Å²) in [7, 11) is 1.84. The zero-order chi connectivity index (χ0) is 17.3. The maximum absolute atomic E-state index is 13.1. The number of hydrogen-bond donors (Lipinski definition) is 0. The molecule has 0 fully saturated rings. The lowest BCUT2D eigenvalue weighted by molar-refractivity contribution is 0.0682. The van der Waals surface area contributed by atoms with Crippen molar-refractivity contribution in [1.29, 1.82) is 0 Å². The second kappa shape index (κ2) is 6.43. The molecule has 0 radical (unpaired) electrons. The van der Waals surface area contributed by atoms with Gasteiger partial charge in [0.25, 0.3) is 5.91 Å². The Morgan fingerprint density at radius 3 is 2.46 bits per heavy atom. The van der Waals surface area contributed by atoms with E-state index in [9.17, 15) is 4.79 Å². The monoisotopic (exact) mass is 322 g/mol. The molecular formula is C19H22N4O. The summed E-state index contributed by atoms with van der Waals surface area (Å²) in [5, 5.41) is 0. The van der Waals surface area contributed by atoms with Gasteiger partial charge in [-0.15, -0.1) is 0 Å². The number of amides is 1. The van der Waals surface area contributed by atoms with E-state index in [0.717, 1.165) is 0 Å². The molecule has 24 heavy (non-hydrogen) atoms. The fourth-order valence-electron chi connectivity index (χ4n) is 3.23. The third-order valence-corrected chi connectivity index (χ3v) is 4.39. The van der Waals surface area contributed by atoms with E-state index in [4.69, 9.17) is 0 Å². The molecule has 1 amide bonds. The molecule has 2 aromatic heterocycles. The first-order chi connectivity index (χ1) is 11.5. The van der Waals surface area contributed by atoms with Crippen molar-refractivity contribution >= 4 is 11.6 Å². The first kappa shape index (κ1) is 16.2. The Morgan fingerprint density at radius 2 is 1.79 bits per heavy atom. The number of fused-ring (bicyclic) bond motifs is 1. The van der Waals surface area contributed by atoms with Gasteiger partial charge < -0.3 is 9.30 Å². The zero-order valence-electron chi connectivity index (χ0n) is 14.5. The molecule has 0 N–H and O–H groups in total. The van der Waals surface area contributed by atoms with Crippen LogP contribution in [0.3, 0.4) is 0 Å². The summed E-state index contributed by atoms with van der Waals surface area (Å²) in [5.74, 6) is 0.160. The lowest BCUT2D eigenvalue weighted by atomic mass is 9.91. The molecule has 1 aromatic carbocycles. The molecule has 0 saturated carbocycles. The highest BCUT2D eigenvalue weighted by molar-refractivity contribution is 5.97. The number of imidazole rings is 1. The van der Waals surface area contributed by atoms with E-state index in [1.54, 1.807) is 23.5 Å². The number of rotatable bonds is 4. The average Bonchev–Trinajstić information content (AvgIpc) is 3.04. The van der Waals surface area contributed by atoms with Crippen LogP contribution in [0, 0.1) is 12.8 Å². The predicted octanol–water partition coefficient (Wildman–Crippen LogP) is 3.51. The third kappa shape index (κ3) is 2.77. The van der Waals surface area contributed by atoms with Gasteiger partial charge in [0.05, 0.1) is 6.04 Å². The van der Waals surface area contributed by atoms with Crippen LogP contribution in [-0.2, 0) is 0 Å². The van der Waals surface area contributed by atoms with Gasteiger partial charge in [0.15, 0.2) is 11.3 Å². The molecule has 0 aliphatic carbocycles. The number of benzene rings is 1. The molecule has 1 unspecified atom stereocenters. The zero-order valence-corrected chi connectivity index (χ0v) is 14.5. The van der Waals surface area contributed by atoms with Gasteiger partial charge in [0.1, 0.15) is 0 Å². The summed E-state index contributed by atoms with van der Waals surface area (Å²) in [6.07, 6.45) is 6.92. The number of carbonyl (C=O) groups excluding carboxylic acids is 1. The van der Waals surface area contributed by atoms with Gasteiger partial charge in [-0.05, 0) is 24.0 Å². The van der Waals surface area contributed by atoms with Gasteiger partial charge in [-0.2, -0.15) is 0 Å². The van der Waals surface area contributed by atoms with Crippen LogP contribution in [0.25, 0.3) is 5.65 Å². The highest BCUT2D eigenvalue weighted by Crippen LogP contribution is 2.30. The Balaban J connectivity index is 2.02. The second-order valence-electron chi connectivity index (χ2n) is 6.40. The Labute approximate surface area is 142 Å². The summed E-state index contributed by atoms with van der Waals surface area (Å²) in [6, 6.07) is 8.19. The van der Waals surface area contributed by atoms with Crippen LogP contribution in [0.5, 0.6) is 0 Å². The van der Waals surface area contributed by atoms with Crippen molar-refractivity contribution in [3.63, 3.8) is 0 Å². The second-order valence-corrected chi connectivity index (χ2v) is 6.40. The molecule has 0 bridgehead atoms. The standard InChI is InChI=1S/C19H22N4O/c1-13(2)17(15-8-6-5-7-14(15)3)22(4)19(24)16-18-21-10-12-23(18)11-9-20-16/h5-13,17H,1-4H3. The number of aryl methyl sites for hydroxylation is 1. The van der Waals surface area contributed by atoms with E-state index in [0.29, 0.717) is 11.3 Å². The molecule has 5 nitrogen and oxygen atoms in total. The Hall–Kier alpha value is -2.69. The van der Waals surface area contributed by atoms with Crippen molar-refractivity contribution in [3.05, 3.63) is 65.9 Å². The van der Waals surface area contributed by atoms with Gasteiger partial charge in [0.2, 0.25) is 0 Å². The quantitative estimate of drug-likeness (QED) is 0.738. The molecule has 0 aliphatic rings. The maximum Gasteiger partial charge on any atom is 0.276 e. The largest absolute Gasteiger partial charge is 0.333 e. The van der Waals surface area contributed by atoms with Crippen LogP contribution >= 0.6 is 0 Å². The number of hydrogen-bond acceptors (Lipinski definition) is 3. The van der Waals surface area contributed by atoms with E-state index < -0.39 is 0 Å². The van der Waals surface area contributed by atoms with E-state index in [1.807, 2.05) is 29.8 Å². The number of carbonyl (C=O) groups is 1. The van der Waals surface area contributed by atoms with Crippen LogP contribution < -0.4 is 0 Å². The fourth-order valence-corrected chi connectivity index (χ4v) is 3.23. The molecule has 124 valence electrons. The average molecular weight is 322 g/mol. The SMILES string of the molecule is Cc1ccccc1C(C(C)C)N(C)C(=O)c1nccn2ccnc12. The van der Waals surface area contributed by atoms with Crippen LogP contribution in [0.4, 0.5) is 0 Å². The smallest absolute Gasteiger partial charge is 0.276 e.